The van der Waals surface area contributed by atoms with Gasteiger partial charge in [-0.3, -0.25) is 9.78 Å². The van der Waals surface area contributed by atoms with Crippen molar-refractivity contribution in [2.24, 2.45) is 0 Å². The summed E-state index contributed by atoms with van der Waals surface area (Å²) >= 11 is 0. The number of halogens is 3. The predicted molar refractivity (Wildman–Crippen MR) is 113 cm³/mol. The zero-order valence-electron chi connectivity index (χ0n) is 16.8. The van der Waals surface area contributed by atoms with E-state index in [0.717, 1.165) is 31.6 Å². The Kier molecular flexibility index (Phi) is 5.50. The number of hydrogen-bond acceptors (Lipinski definition) is 3. The van der Waals surface area contributed by atoms with Gasteiger partial charge < -0.3 is 4.90 Å². The summed E-state index contributed by atoms with van der Waals surface area (Å²) in [5.41, 5.74) is 2.15. The molecule has 0 saturated carbocycles. The fraction of sp³-hybridized carbons (Fsp3) is 0.333. The molecule has 0 spiro atoms. The van der Waals surface area contributed by atoms with Gasteiger partial charge in [-0.1, -0.05) is 43.2 Å². The lowest BCUT2D eigenvalue weighted by molar-refractivity contribution is -0.0885. The summed E-state index contributed by atoms with van der Waals surface area (Å²) in [7, 11) is 0. The molecule has 0 N–H and O–H groups in total. The second-order valence-electron chi connectivity index (χ2n) is 7.74. The molecule has 3 nitrogen and oxygen atoms in total. The number of benzene rings is 2. The number of hydrogen-bond donors (Lipinski definition) is 0. The maximum atomic E-state index is 13.4. The molecule has 1 fully saturated rings. The summed E-state index contributed by atoms with van der Waals surface area (Å²) in [5.74, 6) is -1.85. The molecule has 1 aliphatic rings. The average molecular weight is 412 g/mol. The van der Waals surface area contributed by atoms with Crippen molar-refractivity contribution in [2.75, 3.05) is 18.0 Å². The molecule has 1 aromatic heterocycles. The SMILES string of the molecule is Cc1nc2ccc(N3CCCCCC3)cc2c(-c2ccccc2)c1C(=O)C(F)(F)F. The molecule has 2 heterocycles. The number of Topliss-reactive ketones (excluding diaryl/α,β-unsaturated/α-hetero) is 1. The van der Waals surface area contributed by atoms with Crippen LogP contribution >= 0.6 is 0 Å². The van der Waals surface area contributed by atoms with E-state index in [1.807, 2.05) is 18.2 Å². The number of ketones is 1. The molecule has 6 heteroatoms. The number of carbonyl (C=O) groups is 1. The topological polar surface area (TPSA) is 33.2 Å². The number of anilines is 1. The third kappa shape index (κ3) is 3.91. The maximum absolute atomic E-state index is 13.4. The van der Waals surface area contributed by atoms with Gasteiger partial charge in [-0.25, -0.2) is 0 Å². The first-order valence-corrected chi connectivity index (χ1v) is 10.2. The predicted octanol–water partition coefficient (Wildman–Crippen LogP) is 6.34. The number of pyridine rings is 1. The Morgan fingerprint density at radius 3 is 2.27 bits per heavy atom. The largest absolute Gasteiger partial charge is 0.454 e. The Bertz CT molecular complexity index is 1070. The first-order chi connectivity index (χ1) is 14.4. The molecular formula is C24H23F3N2O. The van der Waals surface area contributed by atoms with Crippen molar-refractivity contribution in [3.8, 4) is 11.1 Å². The summed E-state index contributed by atoms with van der Waals surface area (Å²) in [5, 5.41) is 0.571. The second-order valence-corrected chi connectivity index (χ2v) is 7.74. The summed E-state index contributed by atoms with van der Waals surface area (Å²) in [6.45, 7) is 3.30. The van der Waals surface area contributed by atoms with E-state index in [9.17, 15) is 18.0 Å². The molecule has 0 aliphatic carbocycles. The van der Waals surface area contributed by atoms with Crippen molar-refractivity contribution in [3.63, 3.8) is 0 Å². The minimum Gasteiger partial charge on any atom is -0.372 e. The van der Waals surface area contributed by atoms with Gasteiger partial charge in [0.25, 0.3) is 5.78 Å². The Morgan fingerprint density at radius 2 is 1.63 bits per heavy atom. The minimum absolute atomic E-state index is 0.0891. The smallest absolute Gasteiger partial charge is 0.372 e. The number of aromatic nitrogens is 1. The van der Waals surface area contributed by atoms with Gasteiger partial charge in [0.15, 0.2) is 0 Å². The van der Waals surface area contributed by atoms with Gasteiger partial charge >= 0.3 is 6.18 Å². The number of alkyl halides is 3. The van der Waals surface area contributed by atoms with Crippen LogP contribution in [0.3, 0.4) is 0 Å². The summed E-state index contributed by atoms with van der Waals surface area (Å²) in [6, 6.07) is 14.5. The average Bonchev–Trinajstić information content (AvgIpc) is 3.01. The third-order valence-corrected chi connectivity index (χ3v) is 5.67. The van der Waals surface area contributed by atoms with Crippen LogP contribution in [0.1, 0.15) is 41.7 Å². The van der Waals surface area contributed by atoms with Crippen molar-refractivity contribution in [1.29, 1.82) is 0 Å². The molecule has 1 aliphatic heterocycles. The van der Waals surface area contributed by atoms with E-state index in [0.29, 0.717) is 22.0 Å². The van der Waals surface area contributed by atoms with Crippen LogP contribution in [-0.4, -0.2) is 30.0 Å². The fourth-order valence-electron chi connectivity index (χ4n) is 4.22. The zero-order valence-corrected chi connectivity index (χ0v) is 16.8. The third-order valence-electron chi connectivity index (χ3n) is 5.67. The van der Waals surface area contributed by atoms with Crippen molar-refractivity contribution < 1.29 is 18.0 Å². The summed E-state index contributed by atoms with van der Waals surface area (Å²) in [4.78, 5) is 19.0. The highest BCUT2D eigenvalue weighted by Crippen LogP contribution is 2.38. The minimum atomic E-state index is -4.97. The van der Waals surface area contributed by atoms with Crippen LogP contribution in [-0.2, 0) is 0 Å². The van der Waals surface area contributed by atoms with E-state index in [1.54, 1.807) is 30.3 Å². The number of aryl methyl sites for hydroxylation is 1. The van der Waals surface area contributed by atoms with Crippen LogP contribution in [0.2, 0.25) is 0 Å². The van der Waals surface area contributed by atoms with Crippen LogP contribution in [0.5, 0.6) is 0 Å². The molecule has 0 unspecified atom stereocenters. The zero-order chi connectivity index (χ0) is 21.3. The number of rotatable bonds is 3. The van der Waals surface area contributed by atoms with Gasteiger partial charge in [-0.15, -0.1) is 0 Å². The molecule has 0 radical (unpaired) electrons. The van der Waals surface area contributed by atoms with E-state index in [2.05, 4.69) is 9.88 Å². The maximum Gasteiger partial charge on any atom is 0.454 e. The monoisotopic (exact) mass is 412 g/mol. The van der Waals surface area contributed by atoms with Crippen molar-refractivity contribution in [2.45, 2.75) is 38.8 Å². The number of nitrogens with zero attached hydrogens (tertiary/aromatic N) is 2. The highest BCUT2D eigenvalue weighted by Gasteiger charge is 2.42. The summed E-state index contributed by atoms with van der Waals surface area (Å²) in [6.07, 6.45) is -0.415. The van der Waals surface area contributed by atoms with Crippen molar-refractivity contribution in [3.05, 3.63) is 59.8 Å². The Morgan fingerprint density at radius 1 is 0.967 bits per heavy atom. The van der Waals surface area contributed by atoms with Crippen molar-refractivity contribution >= 4 is 22.4 Å². The van der Waals surface area contributed by atoms with Gasteiger partial charge in [0.2, 0.25) is 0 Å². The van der Waals surface area contributed by atoms with Crippen LogP contribution in [0.15, 0.2) is 48.5 Å². The lowest BCUT2D eigenvalue weighted by Crippen LogP contribution is -2.25. The van der Waals surface area contributed by atoms with E-state index >= 15 is 0 Å². The Balaban J connectivity index is 1.98. The molecule has 3 aromatic rings. The Hall–Kier alpha value is -2.89. The van der Waals surface area contributed by atoms with Crippen LogP contribution < -0.4 is 4.90 Å². The number of carbonyl (C=O) groups excluding carboxylic acids is 1. The normalized spacial score (nSPS) is 15.3. The molecule has 0 amide bonds. The molecule has 4 rings (SSSR count). The van der Waals surface area contributed by atoms with Gasteiger partial charge in [0, 0.05) is 35.4 Å². The van der Waals surface area contributed by atoms with E-state index < -0.39 is 12.0 Å². The standard InChI is InChI=1S/C24H23F3N2O/c1-16-21(23(30)24(25,26)27)22(17-9-5-4-6-10-17)19-15-18(11-12-20(19)28-16)29-13-7-2-3-8-14-29/h4-6,9-12,15H,2-3,7-8,13-14H2,1H3. The highest BCUT2D eigenvalue weighted by molar-refractivity contribution is 6.13. The fourth-order valence-corrected chi connectivity index (χ4v) is 4.22. The van der Waals surface area contributed by atoms with Gasteiger partial charge in [0.05, 0.1) is 11.1 Å². The molecule has 2 aromatic carbocycles. The molecule has 1 saturated heterocycles. The molecule has 0 atom stereocenters. The lowest BCUT2D eigenvalue weighted by atomic mass is 9.91. The summed E-state index contributed by atoms with van der Waals surface area (Å²) < 4.78 is 40.3. The van der Waals surface area contributed by atoms with Gasteiger partial charge in [-0.05, 0) is 43.5 Å². The van der Waals surface area contributed by atoms with Crippen LogP contribution in [0.4, 0.5) is 18.9 Å². The Labute approximate surface area is 173 Å². The van der Waals surface area contributed by atoms with Crippen LogP contribution in [0, 0.1) is 6.92 Å². The van der Waals surface area contributed by atoms with Gasteiger partial charge in [0.1, 0.15) is 0 Å². The quantitative estimate of drug-likeness (QED) is 0.471. The van der Waals surface area contributed by atoms with E-state index in [-0.39, 0.29) is 11.3 Å². The second kappa shape index (κ2) is 8.09. The van der Waals surface area contributed by atoms with Gasteiger partial charge in [-0.2, -0.15) is 13.2 Å². The molecule has 0 bridgehead atoms. The molecule has 156 valence electrons. The first-order valence-electron chi connectivity index (χ1n) is 10.2. The lowest BCUT2D eigenvalue weighted by Gasteiger charge is -2.24. The van der Waals surface area contributed by atoms with E-state index in [1.165, 1.54) is 19.8 Å². The first kappa shape index (κ1) is 20.4. The molecule has 30 heavy (non-hydrogen) atoms. The number of fused-ring (bicyclic) bond motifs is 1. The molecular weight excluding hydrogens is 389 g/mol. The highest BCUT2D eigenvalue weighted by atomic mass is 19.4. The van der Waals surface area contributed by atoms with Crippen LogP contribution in [0.25, 0.3) is 22.0 Å². The van der Waals surface area contributed by atoms with E-state index in [4.69, 9.17) is 0 Å². The van der Waals surface area contributed by atoms with Crippen molar-refractivity contribution in [1.82, 2.24) is 4.98 Å².